The third-order valence-corrected chi connectivity index (χ3v) is 1.59. The molecule has 0 fully saturated rings. The van der Waals surface area contributed by atoms with Gasteiger partial charge in [0, 0.05) is 11.6 Å². The van der Waals surface area contributed by atoms with Crippen LogP contribution in [0.2, 0.25) is 0 Å². The lowest BCUT2D eigenvalue weighted by molar-refractivity contribution is 0.476. The molecule has 1 heterocycles. The van der Waals surface area contributed by atoms with E-state index in [1.165, 1.54) is 0 Å². The Bertz CT molecular complexity index is 385. The van der Waals surface area contributed by atoms with Gasteiger partial charge in [0.25, 0.3) is 0 Å². The summed E-state index contributed by atoms with van der Waals surface area (Å²) in [6.45, 7) is 4.00. The third-order valence-electron chi connectivity index (χ3n) is 1.59. The molecule has 0 amide bonds. The fourth-order valence-corrected chi connectivity index (χ4v) is 1.06. The van der Waals surface area contributed by atoms with Crippen molar-refractivity contribution in [3.8, 4) is 5.75 Å². The molecule has 0 bridgehead atoms. The van der Waals surface area contributed by atoms with Crippen molar-refractivity contribution in [1.29, 1.82) is 0 Å². The van der Waals surface area contributed by atoms with Crippen LogP contribution in [0.15, 0.2) is 36.5 Å². The zero-order valence-corrected chi connectivity index (χ0v) is 7.86. The molecule has 2 nitrogen and oxygen atoms in total. The summed E-state index contributed by atoms with van der Waals surface area (Å²) < 4.78 is 0. The number of fused-ring (bicyclic) bond motifs is 1. The Morgan fingerprint density at radius 3 is 2.69 bits per heavy atom. The monoisotopic (exact) mass is 175 g/mol. The lowest BCUT2D eigenvalue weighted by Gasteiger charge is -1.95. The fourth-order valence-electron chi connectivity index (χ4n) is 1.06. The lowest BCUT2D eigenvalue weighted by Crippen LogP contribution is -1.75. The predicted octanol–water partition coefficient (Wildman–Crippen LogP) is 2.97. The highest BCUT2D eigenvalue weighted by Crippen LogP contribution is 2.16. The number of aromatic nitrogens is 1. The fraction of sp³-hybridized carbons (Fsp3) is 0.182. The second kappa shape index (κ2) is 4.45. The first-order valence-corrected chi connectivity index (χ1v) is 4.40. The molecule has 0 aliphatic rings. The van der Waals surface area contributed by atoms with Crippen LogP contribution in [0, 0.1) is 0 Å². The van der Waals surface area contributed by atoms with Gasteiger partial charge < -0.3 is 5.11 Å². The van der Waals surface area contributed by atoms with Gasteiger partial charge in [0.05, 0.1) is 5.52 Å². The minimum atomic E-state index is 0.283. The van der Waals surface area contributed by atoms with Gasteiger partial charge in [-0.3, -0.25) is 4.98 Å². The van der Waals surface area contributed by atoms with Crippen molar-refractivity contribution in [3.05, 3.63) is 36.5 Å². The number of rotatable bonds is 0. The Morgan fingerprint density at radius 1 is 1.15 bits per heavy atom. The molecule has 1 N–H and O–H groups in total. The second-order valence-electron chi connectivity index (χ2n) is 2.38. The number of pyridine rings is 1. The molecule has 0 atom stereocenters. The van der Waals surface area contributed by atoms with E-state index in [4.69, 9.17) is 5.11 Å². The first kappa shape index (κ1) is 9.52. The summed E-state index contributed by atoms with van der Waals surface area (Å²) in [6.07, 6.45) is 1.74. The summed E-state index contributed by atoms with van der Waals surface area (Å²) in [4.78, 5) is 4.11. The highest BCUT2D eigenvalue weighted by Gasteiger charge is 1.92. The van der Waals surface area contributed by atoms with Crippen LogP contribution in [0.1, 0.15) is 13.8 Å². The Morgan fingerprint density at radius 2 is 1.92 bits per heavy atom. The zero-order chi connectivity index (χ0) is 9.68. The standard InChI is InChI=1S/C9H7NO.C2H6/c11-8-3-4-9-7(6-8)2-1-5-10-9;1-2/h1-6,11H;1-2H3. The van der Waals surface area contributed by atoms with Crippen molar-refractivity contribution in [2.75, 3.05) is 0 Å². The molecule has 2 aromatic rings. The van der Waals surface area contributed by atoms with E-state index in [-0.39, 0.29) is 5.75 Å². The molecule has 0 saturated carbocycles. The SMILES string of the molecule is CC.Oc1ccc2ncccc2c1. The van der Waals surface area contributed by atoms with Gasteiger partial charge in [-0.25, -0.2) is 0 Å². The quantitative estimate of drug-likeness (QED) is 0.667. The van der Waals surface area contributed by atoms with E-state index < -0.39 is 0 Å². The number of aromatic hydroxyl groups is 1. The molecule has 0 aliphatic heterocycles. The Hall–Kier alpha value is -1.57. The topological polar surface area (TPSA) is 33.1 Å². The smallest absolute Gasteiger partial charge is 0.116 e. The number of hydrogen-bond donors (Lipinski definition) is 1. The summed E-state index contributed by atoms with van der Waals surface area (Å²) in [5.41, 5.74) is 0.908. The van der Waals surface area contributed by atoms with Gasteiger partial charge in [-0.15, -0.1) is 0 Å². The Kier molecular flexibility index (Phi) is 3.26. The number of benzene rings is 1. The average molecular weight is 175 g/mol. The first-order valence-electron chi connectivity index (χ1n) is 4.40. The van der Waals surface area contributed by atoms with Crippen LogP contribution in [-0.2, 0) is 0 Å². The Labute approximate surface area is 77.9 Å². The minimum absolute atomic E-state index is 0.283. The van der Waals surface area contributed by atoms with Crippen molar-refractivity contribution in [2.24, 2.45) is 0 Å². The molecule has 0 saturated heterocycles. The number of hydrogen-bond acceptors (Lipinski definition) is 2. The molecule has 1 aromatic heterocycles. The summed E-state index contributed by atoms with van der Waals surface area (Å²) in [7, 11) is 0. The number of phenolic OH excluding ortho intramolecular Hbond substituents is 1. The second-order valence-corrected chi connectivity index (χ2v) is 2.38. The Balaban J connectivity index is 0.000000396. The maximum Gasteiger partial charge on any atom is 0.116 e. The van der Waals surface area contributed by atoms with E-state index in [1.54, 1.807) is 24.4 Å². The number of nitrogens with zero attached hydrogens (tertiary/aromatic N) is 1. The average Bonchev–Trinajstić information content (AvgIpc) is 2.21. The van der Waals surface area contributed by atoms with Gasteiger partial charge in [0.15, 0.2) is 0 Å². The van der Waals surface area contributed by atoms with Crippen molar-refractivity contribution < 1.29 is 5.11 Å². The highest BCUT2D eigenvalue weighted by molar-refractivity contribution is 5.79. The van der Waals surface area contributed by atoms with Crippen molar-refractivity contribution in [2.45, 2.75) is 13.8 Å². The normalized spacial score (nSPS) is 9.08. The molecule has 1 aromatic carbocycles. The predicted molar refractivity (Wildman–Crippen MR) is 54.8 cm³/mol. The van der Waals surface area contributed by atoms with Crippen molar-refractivity contribution in [3.63, 3.8) is 0 Å². The molecular weight excluding hydrogens is 162 g/mol. The maximum absolute atomic E-state index is 9.10. The minimum Gasteiger partial charge on any atom is -0.508 e. The maximum atomic E-state index is 9.10. The van der Waals surface area contributed by atoms with Crippen LogP contribution in [0.25, 0.3) is 10.9 Å². The van der Waals surface area contributed by atoms with E-state index in [2.05, 4.69) is 4.98 Å². The molecule has 68 valence electrons. The summed E-state index contributed by atoms with van der Waals surface area (Å²) in [5, 5.41) is 10.1. The molecular formula is C11H13NO. The van der Waals surface area contributed by atoms with Gasteiger partial charge in [0.2, 0.25) is 0 Å². The molecule has 0 aliphatic carbocycles. The highest BCUT2D eigenvalue weighted by atomic mass is 16.3. The molecule has 0 radical (unpaired) electrons. The van der Waals surface area contributed by atoms with E-state index in [9.17, 15) is 0 Å². The van der Waals surface area contributed by atoms with Crippen LogP contribution in [-0.4, -0.2) is 10.1 Å². The van der Waals surface area contributed by atoms with E-state index in [0.717, 1.165) is 10.9 Å². The van der Waals surface area contributed by atoms with E-state index in [1.807, 2.05) is 26.0 Å². The van der Waals surface area contributed by atoms with Crippen molar-refractivity contribution >= 4 is 10.9 Å². The molecule has 2 heteroatoms. The third kappa shape index (κ3) is 2.18. The van der Waals surface area contributed by atoms with Crippen LogP contribution in [0.3, 0.4) is 0 Å². The molecule has 2 rings (SSSR count). The molecule has 0 unspecified atom stereocenters. The first-order chi connectivity index (χ1) is 6.36. The van der Waals surface area contributed by atoms with Crippen molar-refractivity contribution in [1.82, 2.24) is 4.98 Å². The summed E-state index contributed by atoms with van der Waals surface area (Å²) in [5.74, 6) is 0.283. The molecule has 13 heavy (non-hydrogen) atoms. The van der Waals surface area contributed by atoms with Crippen LogP contribution in [0.5, 0.6) is 5.75 Å². The van der Waals surface area contributed by atoms with E-state index in [0.29, 0.717) is 0 Å². The zero-order valence-electron chi connectivity index (χ0n) is 7.86. The van der Waals surface area contributed by atoms with Crippen LogP contribution in [0.4, 0.5) is 0 Å². The largest absolute Gasteiger partial charge is 0.508 e. The summed E-state index contributed by atoms with van der Waals surface area (Å²) >= 11 is 0. The van der Waals surface area contributed by atoms with Crippen LogP contribution >= 0.6 is 0 Å². The van der Waals surface area contributed by atoms with Gasteiger partial charge in [-0.1, -0.05) is 19.9 Å². The van der Waals surface area contributed by atoms with Gasteiger partial charge in [-0.05, 0) is 24.3 Å². The molecule has 0 spiro atoms. The summed E-state index contributed by atoms with van der Waals surface area (Å²) in [6, 6.07) is 8.90. The van der Waals surface area contributed by atoms with Crippen LogP contribution < -0.4 is 0 Å². The lowest BCUT2D eigenvalue weighted by atomic mass is 10.2. The van der Waals surface area contributed by atoms with Gasteiger partial charge in [0.1, 0.15) is 5.75 Å². The van der Waals surface area contributed by atoms with Gasteiger partial charge in [-0.2, -0.15) is 0 Å². The van der Waals surface area contributed by atoms with Gasteiger partial charge >= 0.3 is 0 Å². The number of phenols is 1. The van der Waals surface area contributed by atoms with E-state index >= 15 is 0 Å².